The summed E-state index contributed by atoms with van der Waals surface area (Å²) >= 11 is 3.38. The Morgan fingerprint density at radius 2 is 2.04 bits per heavy atom. The van der Waals surface area contributed by atoms with Gasteiger partial charge in [-0.3, -0.25) is 4.79 Å². The van der Waals surface area contributed by atoms with E-state index in [0.29, 0.717) is 31.3 Å². The van der Waals surface area contributed by atoms with E-state index in [2.05, 4.69) is 36.1 Å². The van der Waals surface area contributed by atoms with Crippen molar-refractivity contribution in [2.24, 2.45) is 0 Å². The second-order valence-electron chi connectivity index (χ2n) is 5.11. The molecule has 1 aliphatic heterocycles. The molecule has 1 fully saturated rings. The molecule has 1 amide bonds. The molecule has 1 aromatic heterocycles. The van der Waals surface area contributed by atoms with Crippen molar-refractivity contribution in [2.75, 3.05) is 31.2 Å². The van der Waals surface area contributed by atoms with Crippen LogP contribution < -0.4 is 10.2 Å². The molecule has 0 aliphatic carbocycles. The Morgan fingerprint density at radius 1 is 1.26 bits per heavy atom. The summed E-state index contributed by atoms with van der Waals surface area (Å²) in [6.07, 6.45) is 1.72. The predicted octanol–water partition coefficient (Wildman–Crippen LogP) is 2.01. The number of rotatable bonds is 4. The summed E-state index contributed by atoms with van der Waals surface area (Å²) in [7, 11) is 0. The summed E-state index contributed by atoms with van der Waals surface area (Å²) < 4.78 is 6.10. The Bertz CT molecular complexity index is 689. The van der Waals surface area contributed by atoms with Crippen molar-refractivity contribution in [3.05, 3.63) is 52.3 Å². The number of benzene rings is 1. The highest BCUT2D eigenvalue weighted by Crippen LogP contribution is 2.16. The summed E-state index contributed by atoms with van der Waals surface area (Å²) in [5, 5.41) is 2.88. The van der Waals surface area contributed by atoms with Crippen LogP contribution in [0.1, 0.15) is 16.1 Å². The van der Waals surface area contributed by atoms with Crippen LogP contribution in [0.25, 0.3) is 0 Å². The summed E-state index contributed by atoms with van der Waals surface area (Å²) in [6.45, 7) is 3.30. The lowest BCUT2D eigenvalue weighted by molar-refractivity contribution is 0.0949. The van der Waals surface area contributed by atoms with E-state index in [0.717, 1.165) is 23.3 Å². The highest BCUT2D eigenvalue weighted by molar-refractivity contribution is 9.10. The quantitative estimate of drug-likeness (QED) is 0.883. The largest absolute Gasteiger partial charge is 0.378 e. The smallest absolute Gasteiger partial charge is 0.252 e. The Hall–Kier alpha value is -1.99. The van der Waals surface area contributed by atoms with Crippen LogP contribution in [-0.4, -0.2) is 42.2 Å². The van der Waals surface area contributed by atoms with Crippen molar-refractivity contribution in [2.45, 2.75) is 6.54 Å². The first kappa shape index (κ1) is 15.9. The van der Waals surface area contributed by atoms with Gasteiger partial charge in [0.2, 0.25) is 5.95 Å². The average molecular weight is 377 g/mol. The van der Waals surface area contributed by atoms with Crippen LogP contribution >= 0.6 is 15.9 Å². The molecule has 0 bridgehead atoms. The first-order valence-corrected chi connectivity index (χ1v) is 8.21. The third kappa shape index (κ3) is 4.05. The Morgan fingerprint density at radius 3 is 2.83 bits per heavy atom. The number of ether oxygens (including phenoxy) is 1. The maximum atomic E-state index is 12.2. The fourth-order valence-electron chi connectivity index (χ4n) is 2.31. The van der Waals surface area contributed by atoms with Gasteiger partial charge in [0.25, 0.3) is 5.91 Å². The van der Waals surface area contributed by atoms with E-state index in [-0.39, 0.29) is 5.91 Å². The van der Waals surface area contributed by atoms with Crippen LogP contribution in [0.2, 0.25) is 0 Å². The molecule has 1 aromatic carbocycles. The van der Waals surface area contributed by atoms with Crippen LogP contribution in [-0.2, 0) is 11.3 Å². The SMILES string of the molecule is O=C(NCc1ccnc(N2CCOCC2)n1)c1ccccc1Br. The molecular formula is C16H17BrN4O2. The molecule has 120 valence electrons. The van der Waals surface area contributed by atoms with Gasteiger partial charge in [-0.25, -0.2) is 9.97 Å². The molecule has 0 atom stereocenters. The third-order valence-corrected chi connectivity index (χ3v) is 4.23. The van der Waals surface area contributed by atoms with E-state index in [4.69, 9.17) is 4.74 Å². The standard InChI is InChI=1S/C16H17BrN4O2/c17-14-4-2-1-3-13(14)15(22)19-11-12-5-6-18-16(20-12)21-7-9-23-10-8-21/h1-6H,7-11H2,(H,19,22). The fourth-order valence-corrected chi connectivity index (χ4v) is 2.77. The van der Waals surface area contributed by atoms with Crippen molar-refractivity contribution in [3.63, 3.8) is 0 Å². The number of nitrogens with one attached hydrogen (secondary N) is 1. The number of halogens is 1. The Kier molecular flexibility index (Phi) is 5.19. The van der Waals surface area contributed by atoms with Gasteiger partial charge < -0.3 is 15.0 Å². The third-order valence-electron chi connectivity index (χ3n) is 3.54. The van der Waals surface area contributed by atoms with Gasteiger partial charge in [0, 0.05) is 23.8 Å². The number of carbonyl (C=O) groups is 1. The molecule has 6 nitrogen and oxygen atoms in total. The van der Waals surface area contributed by atoms with Crippen LogP contribution in [0, 0.1) is 0 Å². The van der Waals surface area contributed by atoms with Crippen molar-refractivity contribution in [1.82, 2.24) is 15.3 Å². The van der Waals surface area contributed by atoms with Gasteiger partial charge in [0.05, 0.1) is 31.0 Å². The number of nitrogens with zero attached hydrogens (tertiary/aromatic N) is 3. The number of aromatic nitrogens is 2. The second-order valence-corrected chi connectivity index (χ2v) is 5.96. The van der Waals surface area contributed by atoms with Crippen LogP contribution in [0.3, 0.4) is 0 Å². The molecule has 1 aliphatic rings. The summed E-state index contributed by atoms with van der Waals surface area (Å²) in [5.41, 5.74) is 1.39. The van der Waals surface area contributed by atoms with E-state index in [1.165, 1.54) is 0 Å². The van der Waals surface area contributed by atoms with E-state index < -0.39 is 0 Å². The van der Waals surface area contributed by atoms with Gasteiger partial charge in [0.1, 0.15) is 0 Å². The second kappa shape index (κ2) is 7.52. The van der Waals surface area contributed by atoms with E-state index in [1.54, 1.807) is 12.3 Å². The highest BCUT2D eigenvalue weighted by Gasteiger charge is 2.14. The van der Waals surface area contributed by atoms with Crippen LogP contribution in [0.15, 0.2) is 41.0 Å². The topological polar surface area (TPSA) is 67.4 Å². The molecule has 3 rings (SSSR count). The highest BCUT2D eigenvalue weighted by atomic mass is 79.9. The van der Waals surface area contributed by atoms with Gasteiger partial charge in [-0.05, 0) is 34.1 Å². The van der Waals surface area contributed by atoms with Crippen molar-refractivity contribution in [3.8, 4) is 0 Å². The zero-order chi connectivity index (χ0) is 16.1. The number of anilines is 1. The number of morpholine rings is 1. The maximum Gasteiger partial charge on any atom is 0.252 e. The average Bonchev–Trinajstić information content (AvgIpc) is 2.61. The maximum absolute atomic E-state index is 12.2. The van der Waals surface area contributed by atoms with Crippen molar-refractivity contribution in [1.29, 1.82) is 0 Å². The molecule has 2 aromatic rings. The molecule has 1 saturated heterocycles. The lowest BCUT2D eigenvalue weighted by Crippen LogP contribution is -2.37. The van der Waals surface area contributed by atoms with Gasteiger partial charge in [0.15, 0.2) is 0 Å². The number of carbonyl (C=O) groups excluding carboxylic acids is 1. The van der Waals surface area contributed by atoms with Crippen LogP contribution in [0.4, 0.5) is 5.95 Å². The molecule has 0 saturated carbocycles. The Balaban J connectivity index is 1.64. The molecule has 0 unspecified atom stereocenters. The minimum atomic E-state index is -0.135. The van der Waals surface area contributed by atoms with Crippen molar-refractivity contribution < 1.29 is 9.53 Å². The normalized spacial score (nSPS) is 14.6. The number of hydrogen-bond donors (Lipinski definition) is 1. The lowest BCUT2D eigenvalue weighted by Gasteiger charge is -2.26. The first-order chi connectivity index (χ1) is 11.2. The van der Waals surface area contributed by atoms with E-state index in [9.17, 15) is 4.79 Å². The molecule has 0 spiro atoms. The predicted molar refractivity (Wildman–Crippen MR) is 90.4 cm³/mol. The van der Waals surface area contributed by atoms with Gasteiger partial charge in [-0.15, -0.1) is 0 Å². The number of hydrogen-bond acceptors (Lipinski definition) is 5. The van der Waals surface area contributed by atoms with E-state index in [1.807, 2.05) is 24.3 Å². The minimum Gasteiger partial charge on any atom is -0.378 e. The molecular weight excluding hydrogens is 360 g/mol. The Labute approximate surface area is 143 Å². The monoisotopic (exact) mass is 376 g/mol. The van der Waals surface area contributed by atoms with Gasteiger partial charge >= 0.3 is 0 Å². The van der Waals surface area contributed by atoms with Crippen LogP contribution in [0.5, 0.6) is 0 Å². The molecule has 1 N–H and O–H groups in total. The van der Waals surface area contributed by atoms with Gasteiger partial charge in [-0.1, -0.05) is 12.1 Å². The fraction of sp³-hybridized carbons (Fsp3) is 0.312. The van der Waals surface area contributed by atoms with Crippen molar-refractivity contribution >= 4 is 27.8 Å². The zero-order valence-corrected chi connectivity index (χ0v) is 14.1. The van der Waals surface area contributed by atoms with E-state index >= 15 is 0 Å². The lowest BCUT2D eigenvalue weighted by atomic mass is 10.2. The summed E-state index contributed by atoms with van der Waals surface area (Å²) in [5.74, 6) is 0.546. The molecule has 7 heteroatoms. The van der Waals surface area contributed by atoms with Gasteiger partial charge in [-0.2, -0.15) is 0 Å². The molecule has 0 radical (unpaired) electrons. The first-order valence-electron chi connectivity index (χ1n) is 7.41. The minimum absolute atomic E-state index is 0.135. The number of amides is 1. The molecule has 2 heterocycles. The zero-order valence-electron chi connectivity index (χ0n) is 12.5. The summed E-state index contributed by atoms with van der Waals surface area (Å²) in [6, 6.07) is 9.14. The molecule has 23 heavy (non-hydrogen) atoms. The summed E-state index contributed by atoms with van der Waals surface area (Å²) in [4.78, 5) is 23.1.